The van der Waals surface area contributed by atoms with Crippen LogP contribution in [0.1, 0.15) is 5.56 Å². The molecule has 0 spiro atoms. The number of hydrogen-bond donors (Lipinski definition) is 1. The Bertz CT molecular complexity index is 1320. The van der Waals surface area contributed by atoms with Crippen molar-refractivity contribution in [3.63, 3.8) is 0 Å². The van der Waals surface area contributed by atoms with Crippen molar-refractivity contribution in [2.45, 2.75) is 6.54 Å². The number of pyridine rings is 2. The van der Waals surface area contributed by atoms with Crippen LogP contribution in [-0.4, -0.2) is 61.2 Å². The number of methoxy groups -OCH3 is 1. The summed E-state index contributed by atoms with van der Waals surface area (Å²) in [5.41, 5.74) is 4.64. The van der Waals surface area contributed by atoms with Gasteiger partial charge >= 0.3 is 0 Å². The van der Waals surface area contributed by atoms with Gasteiger partial charge in [0.1, 0.15) is 18.0 Å². The van der Waals surface area contributed by atoms with Crippen molar-refractivity contribution in [1.29, 1.82) is 0 Å². The van der Waals surface area contributed by atoms with E-state index < -0.39 is 0 Å². The van der Waals surface area contributed by atoms with Gasteiger partial charge in [-0.3, -0.25) is 4.79 Å². The van der Waals surface area contributed by atoms with Gasteiger partial charge in [-0.1, -0.05) is 12.1 Å². The fraction of sp³-hybridized carbons (Fsp3) is 0.308. The Hall–Kier alpha value is -3.62. The molecule has 34 heavy (non-hydrogen) atoms. The van der Waals surface area contributed by atoms with Gasteiger partial charge in [-0.15, -0.1) is 0 Å². The SMILES string of the molecule is COCCOc1cccc(Cn2ccc(-c3c[nH]c4ncc(N5CCOCC5)cc34)cc2=O)c1. The van der Waals surface area contributed by atoms with Crippen LogP contribution in [0.4, 0.5) is 5.69 Å². The normalized spacial score (nSPS) is 14.0. The zero-order valence-corrected chi connectivity index (χ0v) is 19.2. The maximum atomic E-state index is 13.0. The molecule has 0 unspecified atom stereocenters. The molecule has 8 nitrogen and oxygen atoms in total. The van der Waals surface area contributed by atoms with Crippen LogP contribution in [0.5, 0.6) is 5.75 Å². The summed E-state index contributed by atoms with van der Waals surface area (Å²) in [5.74, 6) is 0.765. The van der Waals surface area contributed by atoms with Crippen molar-refractivity contribution in [2.75, 3.05) is 51.5 Å². The monoisotopic (exact) mass is 460 g/mol. The molecule has 0 bridgehead atoms. The zero-order valence-electron chi connectivity index (χ0n) is 19.2. The molecule has 0 radical (unpaired) electrons. The maximum absolute atomic E-state index is 13.0. The summed E-state index contributed by atoms with van der Waals surface area (Å²) in [4.78, 5) is 23.1. The van der Waals surface area contributed by atoms with Crippen molar-refractivity contribution >= 4 is 16.7 Å². The maximum Gasteiger partial charge on any atom is 0.251 e. The highest BCUT2D eigenvalue weighted by Gasteiger charge is 2.15. The number of H-pyrrole nitrogens is 1. The number of nitrogens with zero attached hydrogens (tertiary/aromatic N) is 3. The average Bonchev–Trinajstić information content (AvgIpc) is 3.30. The Morgan fingerprint density at radius 1 is 1.12 bits per heavy atom. The summed E-state index contributed by atoms with van der Waals surface area (Å²) in [6.07, 6.45) is 5.65. The van der Waals surface area contributed by atoms with E-state index in [1.165, 1.54) is 0 Å². The lowest BCUT2D eigenvalue weighted by atomic mass is 10.1. The third-order valence-electron chi connectivity index (χ3n) is 6.01. The molecule has 5 rings (SSSR count). The largest absolute Gasteiger partial charge is 0.491 e. The molecule has 0 atom stereocenters. The smallest absolute Gasteiger partial charge is 0.251 e. The van der Waals surface area contributed by atoms with Gasteiger partial charge in [-0.25, -0.2) is 4.98 Å². The van der Waals surface area contributed by atoms with Gasteiger partial charge in [0.05, 0.1) is 38.2 Å². The summed E-state index contributed by atoms with van der Waals surface area (Å²) in [5, 5.41) is 1.00. The van der Waals surface area contributed by atoms with Crippen LogP contribution in [0, 0.1) is 0 Å². The number of nitrogens with one attached hydrogen (secondary N) is 1. The summed E-state index contributed by atoms with van der Waals surface area (Å²) < 4.78 is 17.9. The van der Waals surface area contributed by atoms with Crippen molar-refractivity contribution in [3.05, 3.63) is 77.0 Å². The second kappa shape index (κ2) is 10.1. The van der Waals surface area contributed by atoms with Gasteiger partial charge in [-0.2, -0.15) is 0 Å². The van der Waals surface area contributed by atoms with Crippen LogP contribution in [-0.2, 0) is 16.0 Å². The second-order valence-electron chi connectivity index (χ2n) is 8.26. The molecule has 176 valence electrons. The molecule has 1 saturated heterocycles. The molecular formula is C26H28N4O4. The minimum absolute atomic E-state index is 0.0603. The lowest BCUT2D eigenvalue weighted by molar-refractivity contribution is 0.122. The van der Waals surface area contributed by atoms with Crippen LogP contribution in [0.2, 0.25) is 0 Å². The molecule has 0 aliphatic carbocycles. The molecule has 1 aliphatic heterocycles. The van der Waals surface area contributed by atoms with Gasteiger partial charge in [-0.05, 0) is 35.4 Å². The fourth-order valence-electron chi connectivity index (χ4n) is 4.20. The Balaban J connectivity index is 1.37. The third kappa shape index (κ3) is 4.83. The Kier molecular flexibility index (Phi) is 6.60. The van der Waals surface area contributed by atoms with Crippen molar-refractivity contribution in [2.24, 2.45) is 0 Å². The standard InChI is InChI=1S/C26H28N4O4/c1-32-11-12-34-22-4-2-3-19(13-22)18-30-6-5-20(14-25(30)31)24-17-28-26-23(24)15-21(16-27-26)29-7-9-33-10-8-29/h2-6,13-17H,7-12,18H2,1H3,(H,27,28). The van der Waals surface area contributed by atoms with E-state index in [0.29, 0.717) is 19.8 Å². The number of aromatic amines is 1. The number of ether oxygens (including phenoxy) is 3. The van der Waals surface area contributed by atoms with E-state index in [1.807, 2.05) is 48.9 Å². The molecule has 8 heteroatoms. The predicted octanol–water partition coefficient (Wildman–Crippen LogP) is 3.30. The van der Waals surface area contributed by atoms with Crippen LogP contribution >= 0.6 is 0 Å². The Morgan fingerprint density at radius 3 is 2.82 bits per heavy atom. The molecule has 1 aromatic carbocycles. The highest BCUT2D eigenvalue weighted by molar-refractivity contribution is 5.95. The van der Waals surface area contributed by atoms with E-state index in [0.717, 1.165) is 65.5 Å². The summed E-state index contributed by atoms with van der Waals surface area (Å²) in [7, 11) is 1.64. The first-order chi connectivity index (χ1) is 16.7. The minimum Gasteiger partial charge on any atom is -0.491 e. The molecular weight excluding hydrogens is 432 g/mol. The first-order valence-electron chi connectivity index (χ1n) is 11.4. The van der Waals surface area contributed by atoms with Gasteiger partial charge in [0, 0.05) is 49.6 Å². The number of aromatic nitrogens is 3. The molecule has 0 saturated carbocycles. The summed E-state index contributed by atoms with van der Waals surface area (Å²) in [6.45, 7) is 4.63. The zero-order chi connectivity index (χ0) is 23.3. The molecule has 4 aromatic rings. The lowest BCUT2D eigenvalue weighted by Gasteiger charge is -2.28. The topological polar surface area (TPSA) is 81.6 Å². The van der Waals surface area contributed by atoms with E-state index >= 15 is 0 Å². The average molecular weight is 461 g/mol. The van der Waals surface area contributed by atoms with Gasteiger partial charge in [0.25, 0.3) is 5.56 Å². The highest BCUT2D eigenvalue weighted by atomic mass is 16.5. The second-order valence-corrected chi connectivity index (χ2v) is 8.26. The van der Waals surface area contributed by atoms with Crippen molar-refractivity contribution < 1.29 is 14.2 Å². The quantitative estimate of drug-likeness (QED) is 0.407. The number of fused-ring (bicyclic) bond motifs is 1. The highest BCUT2D eigenvalue weighted by Crippen LogP contribution is 2.30. The molecule has 0 amide bonds. The van der Waals surface area contributed by atoms with E-state index in [4.69, 9.17) is 14.2 Å². The van der Waals surface area contributed by atoms with Crippen molar-refractivity contribution in [1.82, 2.24) is 14.5 Å². The predicted molar refractivity (Wildman–Crippen MR) is 132 cm³/mol. The third-order valence-corrected chi connectivity index (χ3v) is 6.01. The fourth-order valence-corrected chi connectivity index (χ4v) is 4.20. The first kappa shape index (κ1) is 22.2. The van der Waals surface area contributed by atoms with Gasteiger partial charge < -0.3 is 28.7 Å². The minimum atomic E-state index is -0.0603. The van der Waals surface area contributed by atoms with Crippen LogP contribution in [0.3, 0.4) is 0 Å². The van der Waals surface area contributed by atoms with Gasteiger partial charge in [0.15, 0.2) is 0 Å². The number of morpholine rings is 1. The summed E-state index contributed by atoms with van der Waals surface area (Å²) in [6, 6.07) is 13.6. The summed E-state index contributed by atoms with van der Waals surface area (Å²) >= 11 is 0. The van der Waals surface area contributed by atoms with Crippen molar-refractivity contribution in [3.8, 4) is 16.9 Å². The van der Waals surface area contributed by atoms with E-state index in [9.17, 15) is 4.79 Å². The van der Waals surface area contributed by atoms with E-state index in [-0.39, 0.29) is 5.56 Å². The van der Waals surface area contributed by atoms with Crippen LogP contribution < -0.4 is 15.2 Å². The number of anilines is 1. The first-order valence-corrected chi connectivity index (χ1v) is 11.4. The number of rotatable bonds is 8. The Labute approximate surface area is 197 Å². The van der Waals surface area contributed by atoms with E-state index in [1.54, 1.807) is 17.7 Å². The molecule has 4 heterocycles. The van der Waals surface area contributed by atoms with E-state index in [2.05, 4.69) is 20.9 Å². The lowest BCUT2D eigenvalue weighted by Crippen LogP contribution is -2.36. The molecule has 1 aliphatic rings. The molecule has 1 N–H and O–H groups in total. The van der Waals surface area contributed by atoms with Crippen LogP contribution in [0.15, 0.2) is 65.8 Å². The van der Waals surface area contributed by atoms with Crippen LogP contribution in [0.25, 0.3) is 22.2 Å². The van der Waals surface area contributed by atoms with Gasteiger partial charge in [0.2, 0.25) is 0 Å². The molecule has 3 aromatic heterocycles. The molecule has 1 fully saturated rings. The number of hydrogen-bond acceptors (Lipinski definition) is 6. The number of benzene rings is 1. The Morgan fingerprint density at radius 2 is 2.00 bits per heavy atom.